The number of hydrogen-bond donors (Lipinski definition) is 2. The molecule has 2 aliphatic rings. The van der Waals surface area contributed by atoms with E-state index < -0.39 is 10.0 Å². The SMILES string of the molecule is COc1ccc(S(=O)(=O)N2CCN(C(=O)C3CC(c4ccccc4)NN3)CC2)cc1OC. The molecule has 0 saturated carbocycles. The summed E-state index contributed by atoms with van der Waals surface area (Å²) in [6, 6.07) is 14.3. The van der Waals surface area contributed by atoms with Crippen molar-refractivity contribution < 1.29 is 22.7 Å². The predicted octanol–water partition coefficient (Wildman–Crippen LogP) is 1.14. The Morgan fingerprint density at radius 2 is 1.62 bits per heavy atom. The van der Waals surface area contributed by atoms with E-state index in [0.29, 0.717) is 31.0 Å². The van der Waals surface area contributed by atoms with Crippen LogP contribution in [0.3, 0.4) is 0 Å². The molecule has 1 amide bonds. The minimum Gasteiger partial charge on any atom is -0.493 e. The molecule has 2 aromatic rings. The number of benzene rings is 2. The Morgan fingerprint density at radius 3 is 2.28 bits per heavy atom. The first-order valence-electron chi connectivity index (χ1n) is 10.5. The number of sulfonamides is 1. The minimum atomic E-state index is -3.70. The summed E-state index contributed by atoms with van der Waals surface area (Å²) >= 11 is 0. The number of amides is 1. The number of nitrogens with zero attached hydrogens (tertiary/aromatic N) is 2. The summed E-state index contributed by atoms with van der Waals surface area (Å²) in [6.45, 7) is 1.18. The maximum atomic E-state index is 13.1. The quantitative estimate of drug-likeness (QED) is 0.667. The van der Waals surface area contributed by atoms with Gasteiger partial charge in [0.2, 0.25) is 15.9 Å². The van der Waals surface area contributed by atoms with Gasteiger partial charge in [0.25, 0.3) is 0 Å². The molecule has 0 bridgehead atoms. The molecule has 2 atom stereocenters. The van der Waals surface area contributed by atoms with Crippen LogP contribution in [0.15, 0.2) is 53.4 Å². The molecule has 2 fully saturated rings. The lowest BCUT2D eigenvalue weighted by molar-refractivity contribution is -0.134. The summed E-state index contributed by atoms with van der Waals surface area (Å²) in [5, 5.41) is 0. The lowest BCUT2D eigenvalue weighted by Crippen LogP contribution is -2.54. The molecule has 0 spiro atoms. The van der Waals surface area contributed by atoms with E-state index in [1.54, 1.807) is 11.0 Å². The van der Waals surface area contributed by atoms with E-state index in [9.17, 15) is 13.2 Å². The van der Waals surface area contributed by atoms with Gasteiger partial charge >= 0.3 is 0 Å². The van der Waals surface area contributed by atoms with Crippen LogP contribution in [0, 0.1) is 0 Å². The molecule has 0 radical (unpaired) electrons. The maximum Gasteiger partial charge on any atom is 0.243 e. The van der Waals surface area contributed by atoms with Gasteiger partial charge in [0, 0.05) is 38.3 Å². The van der Waals surface area contributed by atoms with Gasteiger partial charge < -0.3 is 14.4 Å². The molecule has 4 rings (SSSR count). The van der Waals surface area contributed by atoms with Crippen molar-refractivity contribution >= 4 is 15.9 Å². The molecule has 9 nitrogen and oxygen atoms in total. The van der Waals surface area contributed by atoms with Crippen molar-refractivity contribution in [3.8, 4) is 11.5 Å². The fourth-order valence-electron chi connectivity index (χ4n) is 4.12. The first-order valence-corrected chi connectivity index (χ1v) is 11.9. The highest BCUT2D eigenvalue weighted by atomic mass is 32.2. The zero-order valence-corrected chi connectivity index (χ0v) is 19.0. The number of ether oxygens (including phenoxy) is 2. The molecule has 2 N–H and O–H groups in total. The van der Waals surface area contributed by atoms with Gasteiger partial charge in [-0.05, 0) is 24.1 Å². The van der Waals surface area contributed by atoms with Crippen molar-refractivity contribution in [3.63, 3.8) is 0 Å². The van der Waals surface area contributed by atoms with Gasteiger partial charge in [-0.25, -0.2) is 19.3 Å². The van der Waals surface area contributed by atoms with Gasteiger partial charge in [0.1, 0.15) is 6.04 Å². The summed E-state index contributed by atoms with van der Waals surface area (Å²) in [5.74, 6) is 0.808. The summed E-state index contributed by atoms with van der Waals surface area (Å²) in [4.78, 5) is 14.9. The van der Waals surface area contributed by atoms with Crippen LogP contribution >= 0.6 is 0 Å². The molecule has 172 valence electrons. The largest absolute Gasteiger partial charge is 0.493 e. The maximum absolute atomic E-state index is 13.1. The second-order valence-electron chi connectivity index (χ2n) is 7.79. The Kier molecular flexibility index (Phi) is 6.66. The number of hydrazine groups is 1. The lowest BCUT2D eigenvalue weighted by Gasteiger charge is -2.35. The number of piperazine rings is 1. The fourth-order valence-corrected chi connectivity index (χ4v) is 5.56. The zero-order chi connectivity index (χ0) is 22.7. The number of rotatable bonds is 6. The minimum absolute atomic E-state index is 0.0147. The lowest BCUT2D eigenvalue weighted by atomic mass is 10.0. The van der Waals surface area contributed by atoms with E-state index in [-0.39, 0.29) is 36.0 Å². The van der Waals surface area contributed by atoms with Crippen LogP contribution in [-0.4, -0.2) is 70.0 Å². The van der Waals surface area contributed by atoms with E-state index in [4.69, 9.17) is 9.47 Å². The molecule has 10 heteroatoms. The molecule has 2 aromatic carbocycles. The van der Waals surface area contributed by atoms with E-state index in [1.165, 1.54) is 30.7 Å². The fraction of sp³-hybridized carbons (Fsp3) is 0.409. The molecule has 2 saturated heterocycles. The summed E-state index contributed by atoms with van der Waals surface area (Å²) in [5.41, 5.74) is 7.41. The number of hydrogen-bond acceptors (Lipinski definition) is 7. The van der Waals surface area contributed by atoms with E-state index >= 15 is 0 Å². The number of carbonyl (C=O) groups excluding carboxylic acids is 1. The van der Waals surface area contributed by atoms with Crippen LogP contribution in [0.5, 0.6) is 11.5 Å². The van der Waals surface area contributed by atoms with Crippen molar-refractivity contribution in [2.75, 3.05) is 40.4 Å². The predicted molar refractivity (Wildman–Crippen MR) is 119 cm³/mol. The van der Waals surface area contributed by atoms with Crippen LogP contribution in [0.1, 0.15) is 18.0 Å². The zero-order valence-electron chi connectivity index (χ0n) is 18.2. The first kappa shape index (κ1) is 22.5. The summed E-state index contributed by atoms with van der Waals surface area (Å²) < 4.78 is 38.0. The van der Waals surface area contributed by atoms with Crippen molar-refractivity contribution in [1.82, 2.24) is 20.1 Å². The van der Waals surface area contributed by atoms with E-state index in [0.717, 1.165) is 5.56 Å². The van der Waals surface area contributed by atoms with Crippen LogP contribution in [0.25, 0.3) is 0 Å². The Labute approximate surface area is 188 Å². The monoisotopic (exact) mass is 460 g/mol. The first-order chi connectivity index (χ1) is 15.4. The van der Waals surface area contributed by atoms with Crippen molar-refractivity contribution in [2.24, 2.45) is 0 Å². The van der Waals surface area contributed by atoms with Gasteiger partial charge in [-0.2, -0.15) is 4.31 Å². The molecular weight excluding hydrogens is 432 g/mol. The third-order valence-corrected chi connectivity index (χ3v) is 7.84. The van der Waals surface area contributed by atoms with Crippen LogP contribution < -0.4 is 20.3 Å². The molecule has 2 heterocycles. The highest BCUT2D eigenvalue weighted by Gasteiger charge is 2.36. The van der Waals surface area contributed by atoms with E-state index in [2.05, 4.69) is 10.9 Å². The smallest absolute Gasteiger partial charge is 0.243 e. The third-order valence-electron chi connectivity index (χ3n) is 5.95. The Bertz CT molecular complexity index is 1060. The Morgan fingerprint density at radius 1 is 0.938 bits per heavy atom. The second kappa shape index (κ2) is 9.45. The third kappa shape index (κ3) is 4.44. The van der Waals surface area contributed by atoms with Crippen LogP contribution in [0.2, 0.25) is 0 Å². The highest BCUT2D eigenvalue weighted by Crippen LogP contribution is 2.31. The van der Waals surface area contributed by atoms with E-state index in [1.807, 2.05) is 30.3 Å². The summed E-state index contributed by atoms with van der Waals surface area (Å²) in [7, 11) is -0.736. The van der Waals surface area contributed by atoms with Crippen molar-refractivity contribution in [3.05, 3.63) is 54.1 Å². The molecule has 0 aromatic heterocycles. The second-order valence-corrected chi connectivity index (χ2v) is 9.72. The molecule has 2 aliphatic heterocycles. The number of methoxy groups -OCH3 is 2. The molecule has 2 unspecified atom stereocenters. The molecular formula is C22H28N4O5S. The number of carbonyl (C=O) groups is 1. The van der Waals surface area contributed by atoms with Crippen LogP contribution in [-0.2, 0) is 14.8 Å². The standard InChI is InChI=1S/C22H28N4O5S/c1-30-20-9-8-17(14-21(20)31-2)32(28,29)26-12-10-25(11-13-26)22(27)19-15-18(23-24-19)16-6-4-3-5-7-16/h3-9,14,18-19,23-24H,10-13,15H2,1-2H3. The Hall–Kier alpha value is -2.66. The average molecular weight is 461 g/mol. The van der Waals surface area contributed by atoms with Crippen molar-refractivity contribution in [1.29, 1.82) is 0 Å². The van der Waals surface area contributed by atoms with Gasteiger partial charge in [0.05, 0.1) is 19.1 Å². The average Bonchev–Trinajstić information content (AvgIpc) is 3.34. The Balaban J connectivity index is 1.37. The van der Waals surface area contributed by atoms with Gasteiger partial charge in [-0.1, -0.05) is 30.3 Å². The summed E-state index contributed by atoms with van der Waals surface area (Å²) in [6.07, 6.45) is 0.646. The normalized spacial score (nSPS) is 22.0. The van der Waals surface area contributed by atoms with Gasteiger partial charge in [0.15, 0.2) is 11.5 Å². The molecule has 0 aliphatic carbocycles. The highest BCUT2D eigenvalue weighted by molar-refractivity contribution is 7.89. The van der Waals surface area contributed by atoms with Crippen LogP contribution in [0.4, 0.5) is 0 Å². The van der Waals surface area contributed by atoms with Gasteiger partial charge in [-0.15, -0.1) is 0 Å². The topological polar surface area (TPSA) is 100 Å². The molecule has 32 heavy (non-hydrogen) atoms. The number of nitrogens with one attached hydrogen (secondary N) is 2. The van der Waals surface area contributed by atoms with Crippen molar-refractivity contribution in [2.45, 2.75) is 23.4 Å². The van der Waals surface area contributed by atoms with Gasteiger partial charge in [-0.3, -0.25) is 4.79 Å².